The maximum atomic E-state index is 12.7. The summed E-state index contributed by atoms with van der Waals surface area (Å²) in [6, 6.07) is 0. The number of carbonyl (C=O) groups excluding carboxylic acids is 3. The zero-order chi connectivity index (χ0) is 41.7. The molecule has 0 aromatic heterocycles. The van der Waals surface area contributed by atoms with Crippen LogP contribution in [0.2, 0.25) is 0 Å². The maximum absolute atomic E-state index is 12.7. The van der Waals surface area contributed by atoms with Crippen molar-refractivity contribution < 1.29 is 28.6 Å². The highest BCUT2D eigenvalue weighted by molar-refractivity contribution is 5.71. The molecule has 0 unspecified atom stereocenters. The number of esters is 3. The van der Waals surface area contributed by atoms with Crippen LogP contribution in [0.15, 0.2) is 0 Å². The standard InChI is InChI=1S/C51H98O6/c1-5-7-9-11-13-15-26-30-34-38-42-49(52)55-45-48(57-51(54)44-40-36-32-27-16-14-12-10-8-6-2)46-56-50(53)43-39-35-31-28-24-22-20-18-17-19-21-23-25-29-33-37-41-47(3)4/h47-48H,5-46H2,1-4H3/t48-/m1/s1. The van der Waals surface area contributed by atoms with Crippen molar-refractivity contribution in [2.24, 2.45) is 5.92 Å². The molecule has 0 aliphatic heterocycles. The Kier molecular flexibility index (Phi) is 44.2. The van der Waals surface area contributed by atoms with E-state index in [1.165, 1.54) is 180 Å². The Morgan fingerprint density at radius 2 is 0.579 bits per heavy atom. The largest absolute Gasteiger partial charge is 0.462 e. The second kappa shape index (κ2) is 45.5. The van der Waals surface area contributed by atoms with Crippen LogP contribution in [0.5, 0.6) is 0 Å². The van der Waals surface area contributed by atoms with Gasteiger partial charge in [0, 0.05) is 19.3 Å². The summed E-state index contributed by atoms with van der Waals surface area (Å²) in [6.45, 7) is 9.01. The highest BCUT2D eigenvalue weighted by Crippen LogP contribution is 2.17. The van der Waals surface area contributed by atoms with E-state index >= 15 is 0 Å². The molecule has 6 nitrogen and oxygen atoms in total. The Morgan fingerprint density at radius 1 is 0.333 bits per heavy atom. The van der Waals surface area contributed by atoms with E-state index in [0.29, 0.717) is 19.3 Å². The molecular weight excluding hydrogens is 709 g/mol. The van der Waals surface area contributed by atoms with Crippen LogP contribution in [0, 0.1) is 5.92 Å². The van der Waals surface area contributed by atoms with Gasteiger partial charge >= 0.3 is 17.9 Å². The number of carbonyl (C=O) groups is 3. The van der Waals surface area contributed by atoms with Crippen LogP contribution in [-0.2, 0) is 28.6 Å². The molecule has 0 aromatic carbocycles. The molecule has 0 saturated carbocycles. The fourth-order valence-corrected chi connectivity index (χ4v) is 7.69. The molecule has 0 saturated heterocycles. The number of hydrogen-bond acceptors (Lipinski definition) is 6. The molecule has 0 N–H and O–H groups in total. The van der Waals surface area contributed by atoms with Crippen molar-refractivity contribution in [2.45, 2.75) is 291 Å². The smallest absolute Gasteiger partial charge is 0.306 e. The number of hydrogen-bond donors (Lipinski definition) is 0. The third kappa shape index (κ3) is 45.3. The van der Waals surface area contributed by atoms with Crippen LogP contribution in [-0.4, -0.2) is 37.2 Å². The van der Waals surface area contributed by atoms with Crippen LogP contribution in [0.3, 0.4) is 0 Å². The third-order valence-electron chi connectivity index (χ3n) is 11.5. The van der Waals surface area contributed by atoms with Gasteiger partial charge in [-0.25, -0.2) is 0 Å². The van der Waals surface area contributed by atoms with Crippen molar-refractivity contribution in [3.63, 3.8) is 0 Å². The fourth-order valence-electron chi connectivity index (χ4n) is 7.69. The second-order valence-corrected chi connectivity index (χ2v) is 17.9. The number of ether oxygens (including phenoxy) is 3. The summed E-state index contributed by atoms with van der Waals surface area (Å²) in [5.74, 6) is 0.00393. The molecule has 0 spiro atoms. The Labute approximate surface area is 355 Å². The molecule has 0 aliphatic carbocycles. The zero-order valence-electron chi connectivity index (χ0n) is 38.8. The molecule has 338 valence electrons. The predicted octanol–water partition coefficient (Wildman–Crippen LogP) is 16.3. The van der Waals surface area contributed by atoms with E-state index in [2.05, 4.69) is 27.7 Å². The van der Waals surface area contributed by atoms with E-state index in [1.54, 1.807) is 0 Å². The molecule has 0 rings (SSSR count). The molecule has 0 fully saturated rings. The first-order valence-corrected chi connectivity index (χ1v) is 25.4. The van der Waals surface area contributed by atoms with Crippen LogP contribution in [0.25, 0.3) is 0 Å². The first kappa shape index (κ1) is 55.4. The van der Waals surface area contributed by atoms with Gasteiger partial charge in [-0.2, -0.15) is 0 Å². The van der Waals surface area contributed by atoms with Gasteiger partial charge in [-0.15, -0.1) is 0 Å². The minimum absolute atomic E-state index is 0.0629. The van der Waals surface area contributed by atoms with Gasteiger partial charge in [0.05, 0.1) is 0 Å². The molecule has 0 bridgehead atoms. The monoisotopic (exact) mass is 807 g/mol. The van der Waals surface area contributed by atoms with Gasteiger partial charge in [0.25, 0.3) is 0 Å². The Bertz CT molecular complexity index is 857. The van der Waals surface area contributed by atoms with Gasteiger partial charge in [0.15, 0.2) is 6.10 Å². The summed E-state index contributed by atoms with van der Waals surface area (Å²) < 4.78 is 16.7. The van der Waals surface area contributed by atoms with Gasteiger partial charge in [0.1, 0.15) is 13.2 Å². The fraction of sp³-hybridized carbons (Fsp3) is 0.941. The van der Waals surface area contributed by atoms with Gasteiger partial charge in [-0.1, -0.05) is 246 Å². The average Bonchev–Trinajstić information content (AvgIpc) is 3.19. The molecule has 1 atom stereocenters. The third-order valence-corrected chi connectivity index (χ3v) is 11.5. The van der Waals surface area contributed by atoms with E-state index < -0.39 is 6.10 Å². The zero-order valence-corrected chi connectivity index (χ0v) is 38.8. The van der Waals surface area contributed by atoms with Crippen LogP contribution >= 0.6 is 0 Å². The van der Waals surface area contributed by atoms with Gasteiger partial charge in [-0.05, 0) is 25.2 Å². The summed E-state index contributed by atoms with van der Waals surface area (Å²) in [6.07, 6.45) is 46.6. The molecule has 0 radical (unpaired) electrons. The predicted molar refractivity (Wildman–Crippen MR) is 243 cm³/mol. The minimum atomic E-state index is -0.759. The van der Waals surface area contributed by atoms with Gasteiger partial charge in [0.2, 0.25) is 0 Å². The normalized spacial score (nSPS) is 11.9. The summed E-state index contributed by atoms with van der Waals surface area (Å²) >= 11 is 0. The average molecular weight is 807 g/mol. The SMILES string of the molecule is CCCCCCCCCCCCC(=O)OC[C@H](COC(=O)CCCCCCCCCCCCCCCCCCC(C)C)OC(=O)CCCCCCCCCCCC. The van der Waals surface area contributed by atoms with Crippen molar-refractivity contribution in [3.8, 4) is 0 Å². The van der Waals surface area contributed by atoms with E-state index in [-0.39, 0.29) is 31.1 Å². The lowest BCUT2D eigenvalue weighted by Gasteiger charge is -2.18. The molecule has 0 aliphatic rings. The first-order chi connectivity index (χ1) is 27.9. The molecular formula is C51H98O6. The lowest BCUT2D eigenvalue weighted by Crippen LogP contribution is -2.30. The number of rotatable bonds is 46. The van der Waals surface area contributed by atoms with Crippen molar-refractivity contribution in [1.82, 2.24) is 0 Å². The minimum Gasteiger partial charge on any atom is -0.462 e. The summed E-state index contributed by atoms with van der Waals surface area (Å²) in [7, 11) is 0. The van der Waals surface area contributed by atoms with Gasteiger partial charge in [-0.3, -0.25) is 14.4 Å². The van der Waals surface area contributed by atoms with E-state index in [0.717, 1.165) is 63.7 Å². The Balaban J connectivity index is 4.20. The van der Waals surface area contributed by atoms with E-state index in [1.807, 2.05) is 0 Å². The molecule has 0 aromatic rings. The molecule has 6 heteroatoms. The van der Waals surface area contributed by atoms with Gasteiger partial charge < -0.3 is 14.2 Å². The van der Waals surface area contributed by atoms with E-state index in [4.69, 9.17) is 14.2 Å². The first-order valence-electron chi connectivity index (χ1n) is 25.4. The van der Waals surface area contributed by atoms with Crippen molar-refractivity contribution >= 4 is 17.9 Å². The van der Waals surface area contributed by atoms with Crippen LogP contribution in [0.4, 0.5) is 0 Å². The second-order valence-electron chi connectivity index (χ2n) is 17.9. The Morgan fingerprint density at radius 3 is 0.860 bits per heavy atom. The van der Waals surface area contributed by atoms with Crippen LogP contribution in [0.1, 0.15) is 285 Å². The van der Waals surface area contributed by atoms with Crippen molar-refractivity contribution in [2.75, 3.05) is 13.2 Å². The summed E-state index contributed by atoms with van der Waals surface area (Å²) in [5.41, 5.74) is 0. The molecule has 0 heterocycles. The number of unbranched alkanes of at least 4 members (excludes halogenated alkanes) is 33. The highest BCUT2D eigenvalue weighted by atomic mass is 16.6. The maximum Gasteiger partial charge on any atom is 0.306 e. The van der Waals surface area contributed by atoms with Crippen molar-refractivity contribution in [1.29, 1.82) is 0 Å². The summed E-state index contributed by atoms with van der Waals surface area (Å²) in [5, 5.41) is 0. The quantitative estimate of drug-likeness (QED) is 0.0346. The molecule has 0 amide bonds. The molecule has 57 heavy (non-hydrogen) atoms. The lowest BCUT2D eigenvalue weighted by atomic mass is 10.0. The van der Waals surface area contributed by atoms with Crippen molar-refractivity contribution in [3.05, 3.63) is 0 Å². The summed E-state index contributed by atoms with van der Waals surface area (Å²) in [4.78, 5) is 37.8. The Hall–Kier alpha value is -1.59. The van der Waals surface area contributed by atoms with E-state index in [9.17, 15) is 14.4 Å². The van der Waals surface area contributed by atoms with Crippen LogP contribution < -0.4 is 0 Å². The lowest BCUT2D eigenvalue weighted by molar-refractivity contribution is -0.167. The highest BCUT2D eigenvalue weighted by Gasteiger charge is 2.19. The topological polar surface area (TPSA) is 78.9 Å².